The molecule has 1 saturated heterocycles. The number of fused-ring (bicyclic) bond motifs is 3. The van der Waals surface area contributed by atoms with Gasteiger partial charge in [-0.25, -0.2) is 4.98 Å². The molecule has 0 atom stereocenters. The van der Waals surface area contributed by atoms with Crippen LogP contribution >= 0.6 is 11.8 Å². The van der Waals surface area contributed by atoms with Crippen LogP contribution in [0.4, 0.5) is 18.9 Å². The summed E-state index contributed by atoms with van der Waals surface area (Å²) in [5, 5.41) is 2.74. The lowest BCUT2D eigenvalue weighted by Crippen LogP contribution is -2.30. The molecular weight excluding hydrogens is 549 g/mol. The fourth-order valence-corrected chi connectivity index (χ4v) is 6.05. The van der Waals surface area contributed by atoms with Gasteiger partial charge in [-0.05, 0) is 72.7 Å². The SMILES string of the molecule is Cc1cccc(C)c1N1C(=O)CSC1=NCCc1ccc2c(ccc3c2ncn3-c2ccc(OC(F)(F)F)cc2)c1. The van der Waals surface area contributed by atoms with Gasteiger partial charge < -0.3 is 4.74 Å². The van der Waals surface area contributed by atoms with Crippen molar-refractivity contribution in [3.05, 3.63) is 95.8 Å². The van der Waals surface area contributed by atoms with Gasteiger partial charge in [0.2, 0.25) is 5.91 Å². The second kappa shape index (κ2) is 10.6. The third kappa shape index (κ3) is 5.39. The molecule has 0 spiro atoms. The summed E-state index contributed by atoms with van der Waals surface area (Å²) in [4.78, 5) is 23.8. The number of nitrogens with zero attached hydrogens (tertiary/aromatic N) is 4. The maximum absolute atomic E-state index is 12.7. The number of alkyl halides is 3. The molecule has 0 unspecified atom stereocenters. The van der Waals surface area contributed by atoms with E-state index in [1.165, 1.54) is 23.9 Å². The largest absolute Gasteiger partial charge is 0.573 e. The lowest BCUT2D eigenvalue weighted by Gasteiger charge is -2.21. The van der Waals surface area contributed by atoms with Crippen molar-refractivity contribution in [2.24, 2.45) is 4.99 Å². The lowest BCUT2D eigenvalue weighted by atomic mass is 10.0. The van der Waals surface area contributed by atoms with Crippen LogP contribution in [0, 0.1) is 13.8 Å². The number of aryl methyl sites for hydroxylation is 2. The van der Waals surface area contributed by atoms with Crippen LogP contribution in [0.15, 0.2) is 84.1 Å². The summed E-state index contributed by atoms with van der Waals surface area (Å²) >= 11 is 1.47. The lowest BCUT2D eigenvalue weighted by molar-refractivity contribution is -0.274. The minimum Gasteiger partial charge on any atom is -0.406 e. The summed E-state index contributed by atoms with van der Waals surface area (Å²) in [6.45, 7) is 4.57. The van der Waals surface area contributed by atoms with Crippen LogP contribution in [-0.2, 0) is 11.2 Å². The molecule has 0 N–H and O–H groups in total. The Hall–Kier alpha value is -4.31. The Morgan fingerprint density at radius 2 is 1.76 bits per heavy atom. The molecule has 10 heteroatoms. The average molecular weight is 575 g/mol. The van der Waals surface area contributed by atoms with Gasteiger partial charge in [-0.2, -0.15) is 0 Å². The summed E-state index contributed by atoms with van der Waals surface area (Å²) in [7, 11) is 0. The molecule has 0 aliphatic carbocycles. The first kappa shape index (κ1) is 26.9. The highest BCUT2D eigenvalue weighted by atomic mass is 32.2. The summed E-state index contributed by atoms with van der Waals surface area (Å²) < 4.78 is 43.3. The van der Waals surface area contributed by atoms with Crippen molar-refractivity contribution in [2.75, 3.05) is 17.2 Å². The normalized spacial score (nSPS) is 15.0. The molecule has 4 aromatic carbocycles. The van der Waals surface area contributed by atoms with Crippen LogP contribution in [0.3, 0.4) is 0 Å². The van der Waals surface area contributed by atoms with E-state index in [9.17, 15) is 18.0 Å². The Labute approximate surface area is 238 Å². The van der Waals surface area contributed by atoms with E-state index >= 15 is 0 Å². The highest BCUT2D eigenvalue weighted by Crippen LogP contribution is 2.33. The summed E-state index contributed by atoms with van der Waals surface area (Å²) in [6, 6.07) is 21.9. The van der Waals surface area contributed by atoms with E-state index in [1.54, 1.807) is 23.4 Å². The number of thioether (sulfide) groups is 1. The molecule has 0 saturated carbocycles. The van der Waals surface area contributed by atoms with Crippen molar-refractivity contribution in [2.45, 2.75) is 26.6 Å². The van der Waals surface area contributed by atoms with Gasteiger partial charge in [0, 0.05) is 17.6 Å². The second-order valence-corrected chi connectivity index (χ2v) is 10.8. The molecule has 0 radical (unpaired) electrons. The Kier molecular flexibility index (Phi) is 6.94. The minimum absolute atomic E-state index is 0.0471. The summed E-state index contributed by atoms with van der Waals surface area (Å²) in [5.41, 5.74) is 6.45. The van der Waals surface area contributed by atoms with Crippen molar-refractivity contribution in [1.29, 1.82) is 0 Å². The Bertz CT molecular complexity index is 1790. The standard InChI is InChI=1S/C31H25F3N4O2S/c1-19-4-3-5-20(2)29(19)38-27(39)17-41-30(38)35-15-14-21-6-12-25-22(16-21)7-13-26-28(25)36-18-37(26)23-8-10-24(11-9-23)40-31(32,33)34/h3-13,16,18H,14-15,17H2,1-2H3. The fourth-order valence-electron chi connectivity index (χ4n) is 5.17. The number of carbonyl (C=O) groups excluding carboxylic acids is 1. The van der Waals surface area contributed by atoms with Crippen LogP contribution in [0.5, 0.6) is 5.75 Å². The summed E-state index contributed by atoms with van der Waals surface area (Å²) in [6.07, 6.45) is -2.35. The number of benzene rings is 4. The molecule has 6 rings (SSSR count). The van der Waals surface area contributed by atoms with Crippen LogP contribution < -0.4 is 9.64 Å². The van der Waals surface area contributed by atoms with Crippen LogP contribution in [0.25, 0.3) is 27.5 Å². The Morgan fingerprint density at radius 3 is 2.49 bits per heavy atom. The van der Waals surface area contributed by atoms with Crippen molar-refractivity contribution < 1.29 is 22.7 Å². The summed E-state index contributed by atoms with van der Waals surface area (Å²) in [5.74, 6) is 0.160. The maximum Gasteiger partial charge on any atom is 0.573 e. The number of amides is 1. The Morgan fingerprint density at radius 1 is 1.00 bits per heavy atom. The van der Waals surface area contributed by atoms with E-state index in [2.05, 4.69) is 21.9 Å². The first-order chi connectivity index (χ1) is 19.7. The predicted molar refractivity (Wildman–Crippen MR) is 157 cm³/mol. The third-order valence-corrected chi connectivity index (χ3v) is 7.98. The minimum atomic E-state index is -4.73. The Balaban J connectivity index is 1.21. The van der Waals surface area contributed by atoms with Gasteiger partial charge in [-0.3, -0.25) is 19.3 Å². The number of halogens is 3. The quantitative estimate of drug-likeness (QED) is 0.212. The van der Waals surface area contributed by atoms with E-state index in [4.69, 9.17) is 4.99 Å². The molecule has 1 amide bonds. The molecule has 208 valence electrons. The van der Waals surface area contributed by atoms with Crippen molar-refractivity contribution in [3.8, 4) is 11.4 Å². The number of aliphatic imine (C=N–C) groups is 1. The number of rotatable bonds is 6. The van der Waals surface area contributed by atoms with Crippen molar-refractivity contribution >= 4 is 50.3 Å². The molecule has 1 aliphatic rings. The zero-order chi connectivity index (χ0) is 28.7. The monoisotopic (exact) mass is 574 g/mol. The molecule has 1 aromatic heterocycles. The molecule has 1 aliphatic heterocycles. The number of imidazole rings is 1. The number of hydrogen-bond acceptors (Lipinski definition) is 5. The molecule has 1 fully saturated rings. The van der Waals surface area contributed by atoms with Crippen molar-refractivity contribution in [3.63, 3.8) is 0 Å². The predicted octanol–water partition coefficient (Wildman–Crippen LogP) is 7.37. The fraction of sp³-hybridized carbons (Fsp3) is 0.194. The van der Waals surface area contributed by atoms with Gasteiger partial charge in [-0.1, -0.05) is 54.2 Å². The van der Waals surface area contributed by atoms with Gasteiger partial charge in [0.25, 0.3) is 0 Å². The van der Waals surface area contributed by atoms with E-state index in [0.29, 0.717) is 24.4 Å². The zero-order valence-corrected chi connectivity index (χ0v) is 23.1. The average Bonchev–Trinajstić information content (AvgIpc) is 3.52. The smallest absolute Gasteiger partial charge is 0.406 e. The number of carbonyl (C=O) groups is 1. The van der Waals surface area contributed by atoms with E-state index in [0.717, 1.165) is 49.4 Å². The molecular formula is C31H25F3N4O2S. The zero-order valence-electron chi connectivity index (χ0n) is 22.3. The number of anilines is 1. The van der Waals surface area contributed by atoms with Gasteiger partial charge in [0.1, 0.15) is 12.1 Å². The van der Waals surface area contributed by atoms with Gasteiger partial charge >= 0.3 is 6.36 Å². The highest BCUT2D eigenvalue weighted by Gasteiger charge is 2.32. The number of para-hydroxylation sites is 1. The molecule has 41 heavy (non-hydrogen) atoms. The van der Waals surface area contributed by atoms with Crippen LogP contribution in [0.1, 0.15) is 16.7 Å². The highest BCUT2D eigenvalue weighted by molar-refractivity contribution is 8.15. The molecule has 2 heterocycles. The van der Waals surface area contributed by atoms with Gasteiger partial charge in [-0.15, -0.1) is 13.2 Å². The van der Waals surface area contributed by atoms with Crippen LogP contribution in [0.2, 0.25) is 0 Å². The number of hydrogen-bond donors (Lipinski definition) is 0. The van der Waals surface area contributed by atoms with E-state index in [-0.39, 0.29) is 11.7 Å². The van der Waals surface area contributed by atoms with E-state index < -0.39 is 6.36 Å². The number of amidine groups is 1. The van der Waals surface area contributed by atoms with Crippen LogP contribution in [-0.4, -0.2) is 39.3 Å². The molecule has 6 nitrogen and oxygen atoms in total. The first-order valence-electron chi connectivity index (χ1n) is 13.0. The molecule has 0 bridgehead atoms. The van der Waals surface area contributed by atoms with Gasteiger partial charge in [0.15, 0.2) is 5.17 Å². The molecule has 5 aromatic rings. The van der Waals surface area contributed by atoms with Gasteiger partial charge in [0.05, 0.1) is 22.5 Å². The third-order valence-electron chi connectivity index (χ3n) is 7.02. The number of ether oxygens (including phenoxy) is 1. The maximum atomic E-state index is 12.7. The number of aromatic nitrogens is 2. The first-order valence-corrected chi connectivity index (χ1v) is 14.0. The van der Waals surface area contributed by atoms with E-state index in [1.807, 2.05) is 54.8 Å². The second-order valence-electron chi connectivity index (χ2n) is 9.82. The van der Waals surface area contributed by atoms with Crippen molar-refractivity contribution in [1.82, 2.24) is 9.55 Å². The topological polar surface area (TPSA) is 59.7 Å².